The molecule has 1 aromatic heterocycles. The van der Waals surface area contributed by atoms with Gasteiger partial charge < -0.3 is 9.55 Å². The fourth-order valence-corrected chi connectivity index (χ4v) is 3.64. The highest BCUT2D eigenvalue weighted by Crippen LogP contribution is 2.34. The number of hydrogen-bond acceptors (Lipinski definition) is 2. The van der Waals surface area contributed by atoms with Crippen LogP contribution in [-0.4, -0.2) is 21.1 Å². The molecule has 72 valence electrons. The average molecular weight is 214 g/mol. The first-order valence-corrected chi connectivity index (χ1v) is 6.10. The lowest BCUT2D eigenvalue weighted by molar-refractivity contribution is 0.427. The van der Waals surface area contributed by atoms with Crippen LogP contribution in [0.2, 0.25) is 0 Å². The minimum atomic E-state index is 0.601. The molecule has 0 amide bonds. The van der Waals surface area contributed by atoms with E-state index in [9.17, 15) is 0 Å². The smallest absolute Gasteiger partial charge is 0.177 e. The summed E-state index contributed by atoms with van der Waals surface area (Å²) in [5, 5.41) is 0. The van der Waals surface area contributed by atoms with Crippen LogP contribution in [0.15, 0.2) is 6.20 Å². The number of imidazole rings is 1. The predicted octanol–water partition coefficient (Wildman–Crippen LogP) is 2.78. The van der Waals surface area contributed by atoms with E-state index in [0.717, 1.165) is 10.7 Å². The molecule has 1 aliphatic rings. The van der Waals surface area contributed by atoms with Crippen molar-refractivity contribution in [1.82, 2.24) is 9.55 Å². The van der Waals surface area contributed by atoms with Crippen LogP contribution in [0, 0.1) is 17.6 Å². The van der Waals surface area contributed by atoms with Crippen LogP contribution < -0.4 is 0 Å². The normalized spacial score (nSPS) is 28.2. The standard InChI is InChI=1S/C9H14N2S2/c1-6-4-13-5-8(6)11-7(2)3-10-9(11)12/h3,6,8H,4-5H2,1-2H3,(H,10,12). The van der Waals surface area contributed by atoms with Crippen LogP contribution in [0.4, 0.5) is 0 Å². The maximum Gasteiger partial charge on any atom is 0.177 e. The number of nitrogens with zero attached hydrogens (tertiary/aromatic N) is 1. The zero-order valence-electron chi connectivity index (χ0n) is 7.91. The molecule has 1 saturated heterocycles. The molecule has 2 atom stereocenters. The molecular weight excluding hydrogens is 200 g/mol. The van der Waals surface area contributed by atoms with E-state index in [1.54, 1.807) is 0 Å². The third-order valence-electron chi connectivity index (χ3n) is 2.66. The zero-order valence-corrected chi connectivity index (χ0v) is 9.54. The van der Waals surface area contributed by atoms with Crippen molar-refractivity contribution >= 4 is 24.0 Å². The van der Waals surface area contributed by atoms with Crippen molar-refractivity contribution in [2.75, 3.05) is 11.5 Å². The summed E-state index contributed by atoms with van der Waals surface area (Å²) in [6, 6.07) is 0.601. The van der Waals surface area contributed by atoms with Gasteiger partial charge >= 0.3 is 0 Å². The molecule has 0 aromatic carbocycles. The lowest BCUT2D eigenvalue weighted by Gasteiger charge is -2.17. The Kier molecular flexibility index (Phi) is 2.51. The number of thioether (sulfide) groups is 1. The van der Waals surface area contributed by atoms with Gasteiger partial charge in [0.2, 0.25) is 0 Å². The van der Waals surface area contributed by atoms with E-state index in [-0.39, 0.29) is 0 Å². The van der Waals surface area contributed by atoms with Gasteiger partial charge in [-0.15, -0.1) is 0 Å². The van der Waals surface area contributed by atoms with Crippen molar-refractivity contribution in [2.45, 2.75) is 19.9 Å². The molecule has 0 bridgehead atoms. The molecule has 2 heterocycles. The van der Waals surface area contributed by atoms with Crippen LogP contribution in [0.25, 0.3) is 0 Å². The first-order chi connectivity index (χ1) is 6.20. The van der Waals surface area contributed by atoms with E-state index in [2.05, 4.69) is 23.4 Å². The molecule has 1 fully saturated rings. The molecular formula is C9H14N2S2. The van der Waals surface area contributed by atoms with Gasteiger partial charge in [-0.25, -0.2) is 0 Å². The second-order valence-corrected chi connectivity index (χ2v) is 5.15. The van der Waals surface area contributed by atoms with E-state index >= 15 is 0 Å². The molecule has 2 rings (SSSR count). The summed E-state index contributed by atoms with van der Waals surface area (Å²) in [5.41, 5.74) is 1.25. The summed E-state index contributed by atoms with van der Waals surface area (Å²) in [4.78, 5) is 3.10. The Hall–Kier alpha value is -0.220. The molecule has 1 N–H and O–H groups in total. The first kappa shape index (κ1) is 9.34. The van der Waals surface area contributed by atoms with E-state index < -0.39 is 0 Å². The molecule has 2 nitrogen and oxygen atoms in total. The summed E-state index contributed by atoms with van der Waals surface area (Å²) in [6.07, 6.45) is 2.00. The molecule has 0 saturated carbocycles. The molecule has 1 aliphatic heterocycles. The van der Waals surface area contributed by atoms with Crippen molar-refractivity contribution in [3.63, 3.8) is 0 Å². The number of aryl methyl sites for hydroxylation is 1. The highest BCUT2D eigenvalue weighted by Gasteiger charge is 2.26. The number of rotatable bonds is 1. The Morgan fingerprint density at radius 3 is 2.85 bits per heavy atom. The van der Waals surface area contributed by atoms with E-state index in [0.29, 0.717) is 6.04 Å². The minimum absolute atomic E-state index is 0.601. The van der Waals surface area contributed by atoms with Gasteiger partial charge in [-0.1, -0.05) is 6.92 Å². The van der Waals surface area contributed by atoms with Crippen molar-refractivity contribution < 1.29 is 0 Å². The maximum absolute atomic E-state index is 5.26. The van der Waals surface area contributed by atoms with Crippen LogP contribution in [-0.2, 0) is 0 Å². The van der Waals surface area contributed by atoms with Crippen LogP contribution in [0.5, 0.6) is 0 Å². The van der Waals surface area contributed by atoms with E-state index in [4.69, 9.17) is 12.2 Å². The highest BCUT2D eigenvalue weighted by atomic mass is 32.2. The Morgan fingerprint density at radius 1 is 1.62 bits per heavy atom. The second-order valence-electron chi connectivity index (χ2n) is 3.69. The molecule has 1 aromatic rings. The van der Waals surface area contributed by atoms with Gasteiger partial charge in [-0.05, 0) is 30.8 Å². The summed E-state index contributed by atoms with van der Waals surface area (Å²) < 4.78 is 3.14. The summed E-state index contributed by atoms with van der Waals surface area (Å²) in [7, 11) is 0. The van der Waals surface area contributed by atoms with Crippen LogP contribution in [0.3, 0.4) is 0 Å². The molecule has 0 spiro atoms. The van der Waals surface area contributed by atoms with Crippen molar-refractivity contribution in [3.05, 3.63) is 16.7 Å². The molecule has 0 radical (unpaired) electrons. The fourth-order valence-electron chi connectivity index (χ4n) is 1.86. The maximum atomic E-state index is 5.26. The van der Waals surface area contributed by atoms with Crippen LogP contribution >= 0.6 is 24.0 Å². The number of H-pyrrole nitrogens is 1. The average Bonchev–Trinajstić information content (AvgIpc) is 2.60. The van der Waals surface area contributed by atoms with Gasteiger partial charge in [0.05, 0.1) is 0 Å². The highest BCUT2D eigenvalue weighted by molar-refractivity contribution is 7.99. The number of aromatic nitrogens is 2. The van der Waals surface area contributed by atoms with E-state index in [1.807, 2.05) is 18.0 Å². The number of hydrogen-bond donors (Lipinski definition) is 1. The Labute approximate surface area is 87.7 Å². The van der Waals surface area contributed by atoms with Gasteiger partial charge in [-0.3, -0.25) is 0 Å². The van der Waals surface area contributed by atoms with Gasteiger partial charge in [0.25, 0.3) is 0 Å². The Balaban J connectivity index is 2.39. The van der Waals surface area contributed by atoms with Gasteiger partial charge in [-0.2, -0.15) is 11.8 Å². The lowest BCUT2D eigenvalue weighted by atomic mass is 10.1. The van der Waals surface area contributed by atoms with Gasteiger partial charge in [0.15, 0.2) is 4.77 Å². The second kappa shape index (κ2) is 3.50. The molecule has 13 heavy (non-hydrogen) atoms. The monoisotopic (exact) mass is 214 g/mol. The van der Waals surface area contributed by atoms with Gasteiger partial charge in [0.1, 0.15) is 0 Å². The Morgan fingerprint density at radius 2 is 2.38 bits per heavy atom. The topological polar surface area (TPSA) is 20.7 Å². The first-order valence-electron chi connectivity index (χ1n) is 4.54. The third-order valence-corrected chi connectivity index (χ3v) is 4.31. The zero-order chi connectivity index (χ0) is 9.42. The van der Waals surface area contributed by atoms with Gasteiger partial charge in [0, 0.05) is 23.7 Å². The van der Waals surface area contributed by atoms with E-state index in [1.165, 1.54) is 17.2 Å². The summed E-state index contributed by atoms with van der Waals surface area (Å²) >= 11 is 7.29. The molecule has 0 aliphatic carbocycles. The van der Waals surface area contributed by atoms with Crippen molar-refractivity contribution in [2.24, 2.45) is 5.92 Å². The summed E-state index contributed by atoms with van der Waals surface area (Å²) in [5.74, 6) is 3.21. The lowest BCUT2D eigenvalue weighted by Crippen LogP contribution is -2.16. The number of aromatic amines is 1. The Bertz CT molecular complexity index is 353. The van der Waals surface area contributed by atoms with Crippen LogP contribution in [0.1, 0.15) is 18.7 Å². The fraction of sp³-hybridized carbons (Fsp3) is 0.667. The summed E-state index contributed by atoms with van der Waals surface area (Å²) in [6.45, 7) is 4.42. The predicted molar refractivity (Wildman–Crippen MR) is 59.9 cm³/mol. The number of nitrogens with one attached hydrogen (secondary N) is 1. The largest absolute Gasteiger partial charge is 0.337 e. The minimum Gasteiger partial charge on any atom is -0.337 e. The van der Waals surface area contributed by atoms with Crippen molar-refractivity contribution in [1.29, 1.82) is 0 Å². The quantitative estimate of drug-likeness (QED) is 0.726. The SMILES string of the molecule is Cc1c[nH]c(=S)n1C1CSCC1C. The third kappa shape index (κ3) is 1.57. The van der Waals surface area contributed by atoms with Crippen molar-refractivity contribution in [3.8, 4) is 0 Å². The molecule has 2 unspecified atom stereocenters. The molecule has 4 heteroatoms.